The van der Waals surface area contributed by atoms with Crippen LogP contribution in [0.2, 0.25) is 0 Å². The molecular formula is C27H53NO4. The third-order valence-electron chi connectivity index (χ3n) is 8.14. The summed E-state index contributed by atoms with van der Waals surface area (Å²) in [6.07, 6.45) is 12.4. The minimum absolute atomic E-state index is 0.281. The van der Waals surface area contributed by atoms with Crippen LogP contribution in [0.5, 0.6) is 0 Å². The predicted molar refractivity (Wildman–Crippen MR) is 133 cm³/mol. The Morgan fingerprint density at radius 1 is 0.844 bits per heavy atom. The van der Waals surface area contributed by atoms with Crippen LogP contribution in [0.4, 0.5) is 0 Å². The van der Waals surface area contributed by atoms with E-state index < -0.39 is 0 Å². The van der Waals surface area contributed by atoms with Gasteiger partial charge in [0, 0.05) is 13.2 Å². The highest BCUT2D eigenvalue weighted by Crippen LogP contribution is 2.63. The van der Waals surface area contributed by atoms with Gasteiger partial charge in [-0.2, -0.15) is 0 Å². The molecule has 2 N–H and O–H groups in total. The SMILES string of the molecule is CC1(CCCO)CC2CC(C)(CCCOC=O)CC(CCCO)(C2)C1.CCN(CC)CC. The summed E-state index contributed by atoms with van der Waals surface area (Å²) in [5, 5.41) is 18.7. The quantitative estimate of drug-likeness (QED) is 0.270. The molecule has 0 aromatic rings. The first-order valence-electron chi connectivity index (χ1n) is 13.2. The van der Waals surface area contributed by atoms with Crippen molar-refractivity contribution >= 4 is 6.47 Å². The topological polar surface area (TPSA) is 70.0 Å². The molecule has 0 aliphatic heterocycles. The third-order valence-corrected chi connectivity index (χ3v) is 8.14. The summed E-state index contributed by atoms with van der Waals surface area (Å²) in [5.41, 5.74) is 1.00. The maximum atomic E-state index is 10.4. The Kier molecular flexibility index (Phi) is 13.4. The van der Waals surface area contributed by atoms with Crippen molar-refractivity contribution in [2.45, 2.75) is 105 Å². The molecular weight excluding hydrogens is 402 g/mol. The van der Waals surface area contributed by atoms with Crippen LogP contribution in [0.3, 0.4) is 0 Å². The van der Waals surface area contributed by atoms with Gasteiger partial charge in [-0.3, -0.25) is 4.79 Å². The van der Waals surface area contributed by atoms with Gasteiger partial charge in [0.15, 0.2) is 0 Å². The Bertz CT molecular complexity index is 504. The molecule has 0 radical (unpaired) electrons. The van der Waals surface area contributed by atoms with Crippen molar-refractivity contribution in [3.63, 3.8) is 0 Å². The lowest BCUT2D eigenvalue weighted by molar-refractivity contribution is -0.129. The van der Waals surface area contributed by atoms with Gasteiger partial charge in [0.05, 0.1) is 6.61 Å². The molecule has 32 heavy (non-hydrogen) atoms. The molecule has 2 bridgehead atoms. The Morgan fingerprint density at radius 3 is 1.78 bits per heavy atom. The second-order valence-corrected chi connectivity index (χ2v) is 11.3. The summed E-state index contributed by atoms with van der Waals surface area (Å²) in [4.78, 5) is 12.7. The van der Waals surface area contributed by atoms with E-state index in [9.17, 15) is 15.0 Å². The van der Waals surface area contributed by atoms with E-state index in [1.807, 2.05) is 0 Å². The van der Waals surface area contributed by atoms with Crippen LogP contribution in [0.1, 0.15) is 105 Å². The zero-order valence-electron chi connectivity index (χ0n) is 21.8. The zero-order chi connectivity index (χ0) is 24.1. The van der Waals surface area contributed by atoms with Crippen LogP contribution in [-0.2, 0) is 9.53 Å². The molecule has 0 heterocycles. The van der Waals surface area contributed by atoms with Crippen molar-refractivity contribution in [3.05, 3.63) is 0 Å². The fraction of sp³-hybridized carbons (Fsp3) is 0.963. The summed E-state index contributed by atoms with van der Waals surface area (Å²) < 4.78 is 4.89. The number of ether oxygens (including phenoxy) is 1. The van der Waals surface area contributed by atoms with Crippen molar-refractivity contribution in [1.29, 1.82) is 0 Å². The first kappa shape index (κ1) is 29.4. The summed E-state index contributed by atoms with van der Waals surface area (Å²) in [6.45, 7) is 16.6. The normalized spacial score (nSPS) is 31.7. The average Bonchev–Trinajstić information content (AvgIpc) is 2.75. The van der Waals surface area contributed by atoms with Crippen LogP contribution in [-0.4, -0.2) is 61.0 Å². The van der Waals surface area contributed by atoms with Gasteiger partial charge in [0.1, 0.15) is 0 Å². The van der Waals surface area contributed by atoms with E-state index in [1.54, 1.807) is 0 Å². The maximum absolute atomic E-state index is 10.4. The maximum Gasteiger partial charge on any atom is 0.293 e. The monoisotopic (exact) mass is 455 g/mol. The first-order chi connectivity index (χ1) is 15.2. The van der Waals surface area contributed by atoms with Crippen LogP contribution in [0.25, 0.3) is 0 Å². The van der Waals surface area contributed by atoms with E-state index in [0.717, 1.165) is 44.4 Å². The van der Waals surface area contributed by atoms with E-state index in [-0.39, 0.29) is 6.61 Å². The highest BCUT2D eigenvalue weighted by atomic mass is 16.5. The lowest BCUT2D eigenvalue weighted by atomic mass is 9.47. The molecule has 190 valence electrons. The van der Waals surface area contributed by atoms with Crippen molar-refractivity contribution < 1.29 is 19.7 Å². The number of aliphatic hydroxyl groups is 2. The first-order valence-corrected chi connectivity index (χ1v) is 13.2. The fourth-order valence-electron chi connectivity index (χ4n) is 7.31. The van der Waals surface area contributed by atoms with Crippen LogP contribution < -0.4 is 0 Å². The van der Waals surface area contributed by atoms with Crippen LogP contribution in [0.15, 0.2) is 0 Å². The van der Waals surface area contributed by atoms with Crippen molar-refractivity contribution in [2.24, 2.45) is 22.2 Å². The van der Waals surface area contributed by atoms with Crippen LogP contribution >= 0.6 is 0 Å². The van der Waals surface area contributed by atoms with Crippen molar-refractivity contribution in [1.82, 2.24) is 4.90 Å². The van der Waals surface area contributed by atoms with Crippen molar-refractivity contribution in [2.75, 3.05) is 39.5 Å². The number of carbonyl (C=O) groups excluding carboxylic acids is 1. The standard InChI is InChI=1S/C21H38O4.C6H15N/c1-19(6-3-9-22)12-18-13-20(2,7-5-11-25-17-24)16-21(14-18,15-19)8-4-10-23;1-4-7(5-2)6-3/h17-18,22-23H,3-16H2,1-2H3;4-6H2,1-3H3. The van der Waals surface area contributed by atoms with Gasteiger partial charge in [-0.25, -0.2) is 0 Å². The summed E-state index contributed by atoms with van der Waals surface area (Å²) in [7, 11) is 0. The molecule has 4 unspecified atom stereocenters. The van der Waals surface area contributed by atoms with E-state index in [2.05, 4.69) is 39.5 Å². The second-order valence-electron chi connectivity index (χ2n) is 11.3. The number of aliphatic hydroxyl groups excluding tert-OH is 2. The second kappa shape index (κ2) is 14.6. The number of rotatable bonds is 14. The van der Waals surface area contributed by atoms with E-state index in [1.165, 1.54) is 51.7 Å². The van der Waals surface area contributed by atoms with Gasteiger partial charge >= 0.3 is 0 Å². The minimum Gasteiger partial charge on any atom is -0.468 e. The number of nitrogens with zero attached hydrogens (tertiary/aromatic N) is 1. The van der Waals surface area contributed by atoms with Gasteiger partial charge in [0.2, 0.25) is 0 Å². The van der Waals surface area contributed by atoms with Crippen molar-refractivity contribution in [3.8, 4) is 0 Å². The van der Waals surface area contributed by atoms with E-state index >= 15 is 0 Å². The van der Waals surface area contributed by atoms with E-state index in [4.69, 9.17) is 4.74 Å². The molecule has 5 nitrogen and oxygen atoms in total. The molecule has 2 aliphatic carbocycles. The van der Waals surface area contributed by atoms with Crippen LogP contribution in [0, 0.1) is 22.2 Å². The smallest absolute Gasteiger partial charge is 0.293 e. The molecule has 0 aromatic carbocycles. The molecule has 4 atom stereocenters. The molecule has 0 spiro atoms. The molecule has 2 saturated carbocycles. The average molecular weight is 456 g/mol. The largest absolute Gasteiger partial charge is 0.468 e. The third kappa shape index (κ3) is 9.69. The molecule has 2 aliphatic rings. The number of hydrogen-bond acceptors (Lipinski definition) is 5. The highest BCUT2D eigenvalue weighted by molar-refractivity contribution is 5.36. The lowest BCUT2D eigenvalue weighted by Crippen LogP contribution is -2.47. The Hall–Kier alpha value is -0.650. The van der Waals surface area contributed by atoms with Gasteiger partial charge in [0.25, 0.3) is 6.47 Å². The Morgan fingerprint density at radius 2 is 1.34 bits per heavy atom. The predicted octanol–water partition coefficient (Wildman–Crippen LogP) is 5.43. The summed E-state index contributed by atoms with van der Waals surface area (Å²) in [6, 6.07) is 0. The summed E-state index contributed by atoms with van der Waals surface area (Å²) in [5.74, 6) is 0.752. The van der Waals surface area contributed by atoms with Gasteiger partial charge < -0.3 is 19.8 Å². The molecule has 0 aromatic heterocycles. The summed E-state index contributed by atoms with van der Waals surface area (Å²) >= 11 is 0. The van der Waals surface area contributed by atoms with E-state index in [0.29, 0.717) is 35.9 Å². The molecule has 2 rings (SSSR count). The number of hydrogen-bond donors (Lipinski definition) is 2. The fourth-order valence-corrected chi connectivity index (χ4v) is 7.31. The van der Waals surface area contributed by atoms with Gasteiger partial charge in [-0.1, -0.05) is 34.6 Å². The molecule has 0 saturated heterocycles. The number of fused-ring (bicyclic) bond motifs is 2. The zero-order valence-corrected chi connectivity index (χ0v) is 21.8. The van der Waals surface area contributed by atoms with Gasteiger partial charge in [-0.15, -0.1) is 0 Å². The Balaban J connectivity index is 0.000000633. The molecule has 0 amide bonds. The van der Waals surface area contributed by atoms with Gasteiger partial charge in [-0.05, 0) is 112 Å². The highest BCUT2D eigenvalue weighted by Gasteiger charge is 2.52. The molecule has 5 heteroatoms. The lowest BCUT2D eigenvalue weighted by Gasteiger charge is -2.58. The minimum atomic E-state index is 0.281. The Labute approximate surface area is 198 Å². The molecule has 2 fully saturated rings. The number of carbonyl (C=O) groups is 1.